The molecule has 1 rings (SSSR count). The van der Waals surface area contributed by atoms with Crippen LogP contribution in [-0.4, -0.2) is 23.0 Å². The lowest BCUT2D eigenvalue weighted by Crippen LogP contribution is -2.41. The van der Waals surface area contributed by atoms with E-state index in [1.807, 2.05) is 13.8 Å². The summed E-state index contributed by atoms with van der Waals surface area (Å²) in [7, 11) is 0. The van der Waals surface area contributed by atoms with Crippen LogP contribution in [0.1, 0.15) is 65.2 Å². The molecule has 0 spiro atoms. The number of carbonyl (C=O) groups is 2. The van der Waals surface area contributed by atoms with Gasteiger partial charge < -0.3 is 10.4 Å². The summed E-state index contributed by atoms with van der Waals surface area (Å²) in [5.41, 5.74) is 0. The van der Waals surface area contributed by atoms with Crippen molar-refractivity contribution in [1.29, 1.82) is 0 Å². The van der Waals surface area contributed by atoms with Crippen LogP contribution in [0.4, 0.5) is 0 Å². The van der Waals surface area contributed by atoms with E-state index in [0.29, 0.717) is 18.8 Å². The molecular weight excluding hydrogens is 242 g/mol. The lowest BCUT2D eigenvalue weighted by Gasteiger charge is -2.22. The molecule has 1 fully saturated rings. The van der Waals surface area contributed by atoms with Crippen LogP contribution in [0, 0.1) is 11.8 Å². The van der Waals surface area contributed by atoms with Gasteiger partial charge in [0.25, 0.3) is 0 Å². The van der Waals surface area contributed by atoms with Crippen LogP contribution in [-0.2, 0) is 9.59 Å². The molecule has 0 heterocycles. The molecule has 1 amide bonds. The standard InChI is InChI=1S/C15H27NO3/c1-11(2)10-13(15(18)19)16-14(17)9-8-12-6-4-3-5-7-12/h11-13H,3-10H2,1-2H3,(H,16,17)(H,18,19)/t13-/m0/s1. The van der Waals surface area contributed by atoms with Gasteiger partial charge in [0.2, 0.25) is 5.91 Å². The van der Waals surface area contributed by atoms with E-state index in [2.05, 4.69) is 5.32 Å². The van der Waals surface area contributed by atoms with E-state index in [-0.39, 0.29) is 11.8 Å². The lowest BCUT2D eigenvalue weighted by molar-refractivity contribution is -0.142. The highest BCUT2D eigenvalue weighted by atomic mass is 16.4. The second-order valence-corrected chi connectivity index (χ2v) is 6.13. The monoisotopic (exact) mass is 269 g/mol. The van der Waals surface area contributed by atoms with E-state index in [4.69, 9.17) is 5.11 Å². The number of aliphatic carboxylic acids is 1. The highest BCUT2D eigenvalue weighted by Gasteiger charge is 2.21. The van der Waals surface area contributed by atoms with Crippen molar-refractivity contribution in [1.82, 2.24) is 5.32 Å². The lowest BCUT2D eigenvalue weighted by atomic mass is 9.86. The summed E-state index contributed by atoms with van der Waals surface area (Å²) in [6, 6.07) is -0.737. The summed E-state index contributed by atoms with van der Waals surface area (Å²) < 4.78 is 0. The van der Waals surface area contributed by atoms with Crippen LogP contribution in [0.25, 0.3) is 0 Å². The average Bonchev–Trinajstić information content (AvgIpc) is 2.36. The number of nitrogens with one attached hydrogen (secondary N) is 1. The van der Waals surface area contributed by atoms with Gasteiger partial charge in [0.1, 0.15) is 6.04 Å². The van der Waals surface area contributed by atoms with Gasteiger partial charge in [-0.1, -0.05) is 46.0 Å². The zero-order valence-corrected chi connectivity index (χ0v) is 12.2. The molecule has 0 radical (unpaired) electrons. The van der Waals surface area contributed by atoms with E-state index in [1.165, 1.54) is 32.1 Å². The van der Waals surface area contributed by atoms with Crippen molar-refractivity contribution < 1.29 is 14.7 Å². The molecular formula is C15H27NO3. The number of hydrogen-bond acceptors (Lipinski definition) is 2. The van der Waals surface area contributed by atoms with Gasteiger partial charge in [0, 0.05) is 6.42 Å². The topological polar surface area (TPSA) is 66.4 Å². The summed E-state index contributed by atoms with van der Waals surface area (Å²) in [6.07, 6.45) is 8.17. The maximum atomic E-state index is 11.8. The average molecular weight is 269 g/mol. The highest BCUT2D eigenvalue weighted by Crippen LogP contribution is 2.27. The van der Waals surface area contributed by atoms with E-state index in [9.17, 15) is 9.59 Å². The Bertz CT molecular complexity index is 296. The van der Waals surface area contributed by atoms with Gasteiger partial charge in [0.15, 0.2) is 0 Å². The summed E-state index contributed by atoms with van der Waals surface area (Å²) in [5.74, 6) is -0.119. The second-order valence-electron chi connectivity index (χ2n) is 6.13. The van der Waals surface area contributed by atoms with Crippen LogP contribution >= 0.6 is 0 Å². The van der Waals surface area contributed by atoms with Gasteiger partial charge in [-0.05, 0) is 24.7 Å². The van der Waals surface area contributed by atoms with Crippen LogP contribution < -0.4 is 5.32 Å². The summed E-state index contributed by atoms with van der Waals surface area (Å²) >= 11 is 0. The Balaban J connectivity index is 2.29. The molecule has 1 aliphatic rings. The third-order valence-corrected chi connectivity index (χ3v) is 3.84. The predicted molar refractivity (Wildman–Crippen MR) is 74.8 cm³/mol. The van der Waals surface area contributed by atoms with Crippen molar-refractivity contribution in [2.45, 2.75) is 71.3 Å². The first-order valence-electron chi connectivity index (χ1n) is 7.51. The van der Waals surface area contributed by atoms with Gasteiger partial charge in [-0.3, -0.25) is 4.79 Å². The second kappa shape index (κ2) is 8.18. The van der Waals surface area contributed by atoms with Crippen LogP contribution in [0.15, 0.2) is 0 Å². The normalized spacial score (nSPS) is 18.3. The van der Waals surface area contributed by atoms with Gasteiger partial charge >= 0.3 is 5.97 Å². The van der Waals surface area contributed by atoms with E-state index in [0.717, 1.165) is 6.42 Å². The maximum Gasteiger partial charge on any atom is 0.326 e. The minimum atomic E-state index is -0.931. The molecule has 19 heavy (non-hydrogen) atoms. The first-order valence-corrected chi connectivity index (χ1v) is 7.51. The Kier molecular flexibility index (Phi) is 6.89. The number of rotatable bonds is 7. The summed E-state index contributed by atoms with van der Waals surface area (Å²) in [4.78, 5) is 22.9. The molecule has 0 aromatic rings. The molecule has 0 aliphatic heterocycles. The van der Waals surface area contributed by atoms with Crippen molar-refractivity contribution in [2.75, 3.05) is 0 Å². The fourth-order valence-electron chi connectivity index (χ4n) is 2.77. The highest BCUT2D eigenvalue weighted by molar-refractivity contribution is 5.83. The van der Waals surface area contributed by atoms with Crippen molar-refractivity contribution in [2.24, 2.45) is 11.8 Å². The molecule has 1 atom stereocenters. The first kappa shape index (κ1) is 16.0. The summed E-state index contributed by atoms with van der Waals surface area (Å²) in [6.45, 7) is 3.92. The van der Waals surface area contributed by atoms with E-state index in [1.54, 1.807) is 0 Å². The van der Waals surface area contributed by atoms with Crippen LogP contribution in [0.5, 0.6) is 0 Å². The molecule has 0 unspecified atom stereocenters. The molecule has 4 nitrogen and oxygen atoms in total. The van der Waals surface area contributed by atoms with Crippen molar-refractivity contribution in [3.63, 3.8) is 0 Å². The Labute approximate surface area is 116 Å². The minimum Gasteiger partial charge on any atom is -0.480 e. The first-order chi connectivity index (χ1) is 8.99. The SMILES string of the molecule is CC(C)C[C@H](NC(=O)CCC1CCCCC1)C(=O)O. The Hall–Kier alpha value is -1.06. The molecule has 0 aromatic carbocycles. The molecule has 0 saturated heterocycles. The van der Waals surface area contributed by atoms with Crippen LogP contribution in [0.2, 0.25) is 0 Å². The Morgan fingerprint density at radius 3 is 2.37 bits per heavy atom. The fraction of sp³-hybridized carbons (Fsp3) is 0.867. The molecule has 4 heteroatoms. The van der Waals surface area contributed by atoms with Gasteiger partial charge in [-0.25, -0.2) is 4.79 Å². The predicted octanol–water partition coefficient (Wildman–Crippen LogP) is 2.96. The largest absolute Gasteiger partial charge is 0.480 e. The molecule has 1 saturated carbocycles. The zero-order chi connectivity index (χ0) is 14.3. The number of carboxylic acids is 1. The Morgan fingerprint density at radius 1 is 1.21 bits per heavy atom. The van der Waals surface area contributed by atoms with E-state index >= 15 is 0 Å². The van der Waals surface area contributed by atoms with Crippen molar-refractivity contribution >= 4 is 11.9 Å². The molecule has 110 valence electrons. The van der Waals surface area contributed by atoms with Crippen molar-refractivity contribution in [3.8, 4) is 0 Å². The third kappa shape index (κ3) is 6.60. The third-order valence-electron chi connectivity index (χ3n) is 3.84. The van der Waals surface area contributed by atoms with Gasteiger partial charge in [0.05, 0.1) is 0 Å². The Morgan fingerprint density at radius 2 is 1.84 bits per heavy atom. The fourth-order valence-corrected chi connectivity index (χ4v) is 2.77. The number of carbonyl (C=O) groups excluding carboxylic acids is 1. The number of hydrogen-bond donors (Lipinski definition) is 2. The molecule has 0 bridgehead atoms. The summed E-state index contributed by atoms with van der Waals surface area (Å²) in [5, 5.41) is 11.7. The zero-order valence-electron chi connectivity index (χ0n) is 12.2. The molecule has 2 N–H and O–H groups in total. The van der Waals surface area contributed by atoms with Crippen molar-refractivity contribution in [3.05, 3.63) is 0 Å². The molecule has 1 aliphatic carbocycles. The molecule has 0 aromatic heterocycles. The number of carboxylic acid groups (broad SMARTS) is 1. The maximum absolute atomic E-state index is 11.8. The smallest absolute Gasteiger partial charge is 0.326 e. The van der Waals surface area contributed by atoms with E-state index < -0.39 is 12.0 Å². The van der Waals surface area contributed by atoms with Gasteiger partial charge in [-0.15, -0.1) is 0 Å². The quantitative estimate of drug-likeness (QED) is 0.746. The number of amides is 1. The minimum absolute atomic E-state index is 0.112. The van der Waals surface area contributed by atoms with Crippen LogP contribution in [0.3, 0.4) is 0 Å². The van der Waals surface area contributed by atoms with Gasteiger partial charge in [-0.2, -0.15) is 0 Å².